The van der Waals surface area contributed by atoms with Gasteiger partial charge in [-0.2, -0.15) is 0 Å². The van der Waals surface area contributed by atoms with Crippen molar-refractivity contribution in [2.75, 3.05) is 14.1 Å². The van der Waals surface area contributed by atoms with E-state index in [1.165, 1.54) is 5.56 Å². The van der Waals surface area contributed by atoms with Gasteiger partial charge >= 0.3 is 0 Å². The SMILES string of the molecule is CC(N=C(Cl)N(C)C)c1ccccc1. The molecule has 76 valence electrons. The number of halogens is 1. The van der Waals surface area contributed by atoms with E-state index in [1.54, 1.807) is 4.90 Å². The van der Waals surface area contributed by atoms with Crippen LogP contribution in [0.5, 0.6) is 0 Å². The molecule has 3 heteroatoms. The van der Waals surface area contributed by atoms with Crippen LogP contribution in [-0.4, -0.2) is 24.3 Å². The van der Waals surface area contributed by atoms with Crippen LogP contribution in [0.4, 0.5) is 0 Å². The Morgan fingerprint density at radius 1 is 1.29 bits per heavy atom. The van der Waals surface area contributed by atoms with Crippen LogP contribution in [0.3, 0.4) is 0 Å². The van der Waals surface area contributed by atoms with Gasteiger partial charge in [-0.05, 0) is 24.1 Å². The quantitative estimate of drug-likeness (QED) is 0.416. The average molecular weight is 211 g/mol. The highest BCUT2D eigenvalue weighted by Gasteiger charge is 2.04. The zero-order chi connectivity index (χ0) is 10.6. The number of nitrogens with zero attached hydrogens (tertiary/aromatic N) is 2. The standard InChI is InChI=1S/C11H15ClN2/c1-9(13-11(12)14(2)3)10-7-5-4-6-8-10/h4-9H,1-3H3. The van der Waals surface area contributed by atoms with Gasteiger partial charge in [0.15, 0.2) is 5.29 Å². The minimum atomic E-state index is 0.103. The van der Waals surface area contributed by atoms with Crippen molar-refractivity contribution in [2.24, 2.45) is 4.99 Å². The molecule has 0 fully saturated rings. The molecule has 14 heavy (non-hydrogen) atoms. The third kappa shape index (κ3) is 3.04. The summed E-state index contributed by atoms with van der Waals surface area (Å²) in [5.74, 6) is 0. The molecule has 0 saturated carbocycles. The zero-order valence-corrected chi connectivity index (χ0v) is 9.49. The predicted molar refractivity (Wildman–Crippen MR) is 61.8 cm³/mol. The van der Waals surface area contributed by atoms with Crippen molar-refractivity contribution in [3.63, 3.8) is 0 Å². The van der Waals surface area contributed by atoms with Gasteiger partial charge in [0, 0.05) is 14.1 Å². The maximum Gasteiger partial charge on any atom is 0.193 e. The van der Waals surface area contributed by atoms with Crippen molar-refractivity contribution in [3.05, 3.63) is 35.9 Å². The van der Waals surface area contributed by atoms with Gasteiger partial charge in [-0.15, -0.1) is 0 Å². The lowest BCUT2D eigenvalue weighted by atomic mass is 10.1. The molecule has 1 atom stereocenters. The highest BCUT2D eigenvalue weighted by molar-refractivity contribution is 6.64. The first-order chi connectivity index (χ1) is 6.61. The molecular formula is C11H15ClN2. The Kier molecular flexibility index (Phi) is 3.96. The summed E-state index contributed by atoms with van der Waals surface area (Å²) < 4.78 is 0. The van der Waals surface area contributed by atoms with Gasteiger partial charge in [-0.25, -0.2) is 0 Å². The topological polar surface area (TPSA) is 15.6 Å². The lowest BCUT2D eigenvalue weighted by Crippen LogP contribution is -2.16. The van der Waals surface area contributed by atoms with E-state index in [-0.39, 0.29) is 6.04 Å². The summed E-state index contributed by atoms with van der Waals surface area (Å²) in [6.45, 7) is 2.03. The van der Waals surface area contributed by atoms with Crippen LogP contribution in [0.25, 0.3) is 0 Å². The Bertz CT molecular complexity index is 306. The summed E-state index contributed by atoms with van der Waals surface area (Å²) >= 11 is 5.94. The fourth-order valence-electron chi connectivity index (χ4n) is 1.08. The molecule has 0 heterocycles. The van der Waals surface area contributed by atoms with Crippen molar-refractivity contribution in [3.8, 4) is 0 Å². The molecule has 0 amide bonds. The molecule has 0 saturated heterocycles. The Morgan fingerprint density at radius 3 is 2.36 bits per heavy atom. The molecular weight excluding hydrogens is 196 g/mol. The van der Waals surface area contributed by atoms with Crippen molar-refractivity contribution >= 4 is 16.9 Å². The Hall–Kier alpha value is -1.02. The molecule has 0 spiro atoms. The van der Waals surface area contributed by atoms with Gasteiger partial charge in [-0.3, -0.25) is 4.99 Å². The van der Waals surface area contributed by atoms with E-state index < -0.39 is 0 Å². The van der Waals surface area contributed by atoms with Gasteiger partial charge in [-0.1, -0.05) is 30.3 Å². The number of hydrogen-bond acceptors (Lipinski definition) is 1. The van der Waals surface area contributed by atoms with Gasteiger partial charge < -0.3 is 4.90 Å². The first kappa shape index (κ1) is 11.1. The number of amidine groups is 1. The van der Waals surface area contributed by atoms with E-state index in [4.69, 9.17) is 11.6 Å². The lowest BCUT2D eigenvalue weighted by Gasteiger charge is -2.12. The molecule has 0 aromatic heterocycles. The van der Waals surface area contributed by atoms with Crippen LogP contribution in [-0.2, 0) is 0 Å². The van der Waals surface area contributed by atoms with Crippen LogP contribution < -0.4 is 0 Å². The minimum absolute atomic E-state index is 0.103. The predicted octanol–water partition coefficient (Wildman–Crippen LogP) is 2.90. The molecule has 0 aliphatic carbocycles. The van der Waals surface area contributed by atoms with E-state index in [1.807, 2.05) is 51.4 Å². The minimum Gasteiger partial charge on any atom is -0.353 e. The number of rotatable bonds is 2. The van der Waals surface area contributed by atoms with Crippen LogP contribution in [0.15, 0.2) is 35.3 Å². The smallest absolute Gasteiger partial charge is 0.193 e. The van der Waals surface area contributed by atoms with Gasteiger partial charge in [0.2, 0.25) is 0 Å². The van der Waals surface area contributed by atoms with Crippen molar-refractivity contribution in [1.82, 2.24) is 4.90 Å². The molecule has 0 N–H and O–H groups in total. The Labute approximate surface area is 90.2 Å². The second-order valence-electron chi connectivity index (χ2n) is 3.38. The summed E-state index contributed by atoms with van der Waals surface area (Å²) in [5.41, 5.74) is 1.17. The zero-order valence-electron chi connectivity index (χ0n) is 8.74. The Morgan fingerprint density at radius 2 is 1.86 bits per heavy atom. The first-order valence-corrected chi connectivity index (χ1v) is 4.94. The molecule has 1 rings (SSSR count). The number of aliphatic imine (C=N–C) groups is 1. The summed E-state index contributed by atoms with van der Waals surface area (Å²) in [7, 11) is 3.76. The van der Waals surface area contributed by atoms with Crippen LogP contribution >= 0.6 is 11.6 Å². The molecule has 2 nitrogen and oxygen atoms in total. The highest BCUT2D eigenvalue weighted by atomic mass is 35.5. The van der Waals surface area contributed by atoms with E-state index in [0.717, 1.165) is 0 Å². The average Bonchev–Trinajstić information content (AvgIpc) is 2.19. The fraction of sp³-hybridized carbons (Fsp3) is 0.364. The monoisotopic (exact) mass is 210 g/mol. The maximum absolute atomic E-state index is 5.94. The summed E-state index contributed by atoms with van der Waals surface area (Å²) in [5, 5.41) is 0.529. The summed E-state index contributed by atoms with van der Waals surface area (Å²) in [6, 6.07) is 10.2. The molecule has 1 unspecified atom stereocenters. The van der Waals surface area contributed by atoms with Crippen molar-refractivity contribution < 1.29 is 0 Å². The van der Waals surface area contributed by atoms with E-state index in [9.17, 15) is 0 Å². The maximum atomic E-state index is 5.94. The summed E-state index contributed by atoms with van der Waals surface area (Å²) in [6.07, 6.45) is 0. The fourth-order valence-corrected chi connectivity index (χ4v) is 1.23. The molecule has 0 aliphatic rings. The normalized spacial score (nSPS) is 13.9. The summed E-state index contributed by atoms with van der Waals surface area (Å²) in [4.78, 5) is 6.15. The second kappa shape index (κ2) is 5.01. The lowest BCUT2D eigenvalue weighted by molar-refractivity contribution is 0.622. The first-order valence-electron chi connectivity index (χ1n) is 4.57. The van der Waals surface area contributed by atoms with Crippen molar-refractivity contribution in [1.29, 1.82) is 0 Å². The van der Waals surface area contributed by atoms with E-state index in [2.05, 4.69) is 4.99 Å². The van der Waals surface area contributed by atoms with Crippen molar-refractivity contribution in [2.45, 2.75) is 13.0 Å². The molecule has 1 aromatic carbocycles. The molecule has 1 aromatic rings. The molecule has 0 radical (unpaired) electrons. The van der Waals surface area contributed by atoms with Crippen LogP contribution in [0.1, 0.15) is 18.5 Å². The highest BCUT2D eigenvalue weighted by Crippen LogP contribution is 2.16. The van der Waals surface area contributed by atoms with Crippen LogP contribution in [0.2, 0.25) is 0 Å². The molecule has 0 aliphatic heterocycles. The van der Waals surface area contributed by atoms with Gasteiger partial charge in [0.1, 0.15) is 0 Å². The van der Waals surface area contributed by atoms with Gasteiger partial charge in [0.05, 0.1) is 6.04 Å². The number of hydrogen-bond donors (Lipinski definition) is 0. The number of benzene rings is 1. The van der Waals surface area contributed by atoms with Crippen LogP contribution in [0, 0.1) is 0 Å². The van der Waals surface area contributed by atoms with E-state index in [0.29, 0.717) is 5.29 Å². The molecule has 0 bridgehead atoms. The second-order valence-corrected chi connectivity index (χ2v) is 3.72. The Balaban J connectivity index is 2.77. The largest absolute Gasteiger partial charge is 0.353 e. The van der Waals surface area contributed by atoms with Gasteiger partial charge in [0.25, 0.3) is 0 Å². The third-order valence-corrected chi connectivity index (χ3v) is 2.39. The van der Waals surface area contributed by atoms with E-state index >= 15 is 0 Å². The third-order valence-electron chi connectivity index (χ3n) is 1.95.